The molecule has 86 heavy (non-hydrogen) atoms. The molecule has 15 nitrogen and oxygen atoms in total. The van der Waals surface area contributed by atoms with Gasteiger partial charge in [0.15, 0.2) is 0 Å². The van der Waals surface area contributed by atoms with Crippen LogP contribution in [0.15, 0.2) is 140 Å². The summed E-state index contributed by atoms with van der Waals surface area (Å²) < 4.78 is 14.9. The van der Waals surface area contributed by atoms with Crippen LogP contribution in [-0.4, -0.2) is 121 Å². The molecule has 2 saturated heterocycles. The zero-order valence-corrected chi connectivity index (χ0v) is 52.5. The van der Waals surface area contributed by atoms with Gasteiger partial charge in [0.2, 0.25) is 0 Å². The summed E-state index contributed by atoms with van der Waals surface area (Å²) in [7, 11) is 6.49. The summed E-state index contributed by atoms with van der Waals surface area (Å²) in [5.41, 5.74) is 1.87. The van der Waals surface area contributed by atoms with Gasteiger partial charge in [0, 0.05) is 25.6 Å². The molecule has 0 amide bonds. The minimum Gasteiger partial charge on any atom is -0.481 e. The second kappa shape index (κ2) is 48.4. The predicted molar refractivity (Wildman–Crippen MR) is 346 cm³/mol. The fourth-order valence-electron chi connectivity index (χ4n) is 10.6. The van der Waals surface area contributed by atoms with Crippen molar-refractivity contribution in [2.45, 2.75) is 210 Å². The third-order valence-corrected chi connectivity index (χ3v) is 15.8. The van der Waals surface area contributed by atoms with E-state index in [1.54, 1.807) is 109 Å². The number of allylic oxidation sites excluding steroid dienone is 4. The normalized spacial score (nSPS) is 18.3. The van der Waals surface area contributed by atoms with E-state index in [-0.39, 0.29) is 40.5 Å². The molecule has 3 atom stereocenters. The van der Waals surface area contributed by atoms with Gasteiger partial charge in [-0.25, -0.2) is 0 Å². The molecule has 3 aromatic rings. The number of carbonyl (C=O) groups is 6. The molecule has 3 unspecified atom stereocenters. The van der Waals surface area contributed by atoms with Crippen molar-refractivity contribution in [3.63, 3.8) is 0 Å². The predicted octanol–water partition coefficient (Wildman–Crippen LogP) is 14.6. The van der Waals surface area contributed by atoms with Crippen LogP contribution >= 0.6 is 0 Å². The van der Waals surface area contributed by atoms with Gasteiger partial charge in [0.25, 0.3) is 0 Å². The SMILES string of the molecule is C/C=C/C=C/CC(=O)OCC(C(=O)O)c1ccccc1.C=CCC(=O)OCC(C(=O)O)c1ccccc1.CC/C=C/CC(=O)OCC(C(=O)O)c1ccccc1.CN1C2CCCC1CCC2.CNC1CCCCCCC1.CNC1CCCCCCC1.[HH]. The number of carboxylic acid groups (broad SMARTS) is 3. The van der Waals surface area contributed by atoms with E-state index in [2.05, 4.69) is 43.3 Å². The lowest BCUT2D eigenvalue weighted by Gasteiger charge is -2.43. The van der Waals surface area contributed by atoms with Crippen molar-refractivity contribution < 1.29 is 59.7 Å². The number of benzene rings is 3. The van der Waals surface area contributed by atoms with Gasteiger partial charge in [0.1, 0.15) is 37.6 Å². The lowest BCUT2D eigenvalue weighted by molar-refractivity contribution is -0.149. The number of esters is 3. The van der Waals surface area contributed by atoms with E-state index in [0.717, 1.165) is 30.6 Å². The number of piperidine rings is 2. The number of ether oxygens (including phenoxy) is 3. The Morgan fingerprint density at radius 1 is 0.500 bits per heavy atom. The highest BCUT2D eigenvalue weighted by Gasteiger charge is 2.30. The Balaban J connectivity index is 0.000000532. The number of nitrogens with zero attached hydrogens (tertiary/aromatic N) is 1. The quantitative estimate of drug-likeness (QED) is 0.0274. The molecule has 15 heteroatoms. The van der Waals surface area contributed by atoms with Crippen LogP contribution < -0.4 is 10.6 Å². The van der Waals surface area contributed by atoms with Gasteiger partial charge in [-0.05, 0) is 103 Å². The van der Waals surface area contributed by atoms with E-state index in [9.17, 15) is 33.9 Å². The highest BCUT2D eigenvalue weighted by atomic mass is 16.5. The zero-order valence-electron chi connectivity index (χ0n) is 52.5. The summed E-state index contributed by atoms with van der Waals surface area (Å²) in [6, 6.07) is 29.7. The molecule has 2 bridgehead atoms. The summed E-state index contributed by atoms with van der Waals surface area (Å²) in [6.07, 6.45) is 42.3. The first kappa shape index (κ1) is 75.4. The van der Waals surface area contributed by atoms with Crippen molar-refractivity contribution >= 4 is 35.8 Å². The zero-order chi connectivity index (χ0) is 63.0. The van der Waals surface area contributed by atoms with Crippen LogP contribution in [0, 0.1) is 0 Å². The fourth-order valence-corrected chi connectivity index (χ4v) is 10.6. The van der Waals surface area contributed by atoms with Gasteiger partial charge in [0.05, 0.1) is 19.3 Å². The number of fused-ring (bicyclic) bond motifs is 2. The van der Waals surface area contributed by atoms with Crippen LogP contribution in [0.4, 0.5) is 0 Å². The number of hydrogen-bond donors (Lipinski definition) is 5. The Morgan fingerprint density at radius 2 is 0.826 bits per heavy atom. The molecule has 2 heterocycles. The third kappa shape index (κ3) is 34.5. The maximum absolute atomic E-state index is 11.5. The van der Waals surface area contributed by atoms with Gasteiger partial charge in [-0.1, -0.05) is 218 Å². The Hall–Kier alpha value is -6.68. The first-order chi connectivity index (χ1) is 41.7. The lowest BCUT2D eigenvalue weighted by atomic mass is 9.85. The van der Waals surface area contributed by atoms with Crippen molar-refractivity contribution in [3.05, 3.63) is 157 Å². The largest absolute Gasteiger partial charge is 0.481 e. The van der Waals surface area contributed by atoms with Crippen molar-refractivity contribution in [1.82, 2.24) is 15.5 Å². The molecular weight excluding hydrogens is 1090 g/mol. The number of hydrogen-bond acceptors (Lipinski definition) is 12. The van der Waals surface area contributed by atoms with Crippen LogP contribution in [-0.2, 0) is 43.0 Å². The average molecular weight is 1190 g/mol. The average Bonchev–Trinajstić information content (AvgIpc) is 3.69. The van der Waals surface area contributed by atoms with Crippen LogP contribution in [0.2, 0.25) is 0 Å². The summed E-state index contributed by atoms with van der Waals surface area (Å²) >= 11 is 0. The van der Waals surface area contributed by atoms with Crippen molar-refractivity contribution in [1.29, 1.82) is 0 Å². The lowest BCUT2D eigenvalue weighted by Crippen LogP contribution is -2.46. The van der Waals surface area contributed by atoms with Crippen LogP contribution in [0.3, 0.4) is 0 Å². The molecular formula is C71H107N3O12. The Bertz CT molecular complexity index is 2350. The second-order valence-electron chi connectivity index (χ2n) is 22.2. The number of aliphatic carboxylic acids is 3. The molecule has 0 spiro atoms. The minimum absolute atomic E-state index is 0. The van der Waals surface area contributed by atoms with E-state index < -0.39 is 53.6 Å². The van der Waals surface area contributed by atoms with Gasteiger partial charge < -0.3 is 45.1 Å². The number of carbonyl (C=O) groups excluding carboxylic acids is 3. The van der Waals surface area contributed by atoms with E-state index in [1.807, 2.05) is 32.1 Å². The Kier molecular flexibility index (Phi) is 42.5. The molecule has 2 aliphatic carbocycles. The van der Waals surface area contributed by atoms with Gasteiger partial charge >= 0.3 is 35.8 Å². The first-order valence-electron chi connectivity index (χ1n) is 31.6. The Morgan fingerprint density at radius 3 is 1.12 bits per heavy atom. The second-order valence-corrected chi connectivity index (χ2v) is 22.2. The smallest absolute Gasteiger partial charge is 0.314 e. The standard InChI is InChI=1S/C16H18O4.C15H18O4.C13H14O4.C9H17N.2C9H19N.H2/c1-2-3-4-8-11-15(17)20-12-14(16(18)19)13-9-6-5-7-10-13;1-2-3-5-10-14(16)19-11-13(15(17)18)12-8-6-4-7-9-12;1-2-6-12(14)17-9-11(13(15)16)10-7-4-3-5-8-10;1-10-8-4-2-5-9(10)7-3-6-8;2*1-10-9-7-5-3-2-4-6-8-9;/h2-10,14H,11-12H2,1H3,(H,18,19);3-9,13H,2,10-11H2,1H3,(H,17,18);2-5,7-8,11H,1,6,9H2,(H,15,16);8-9H,2-7H2,1H3;2*9-10H,2-8H2,1H3;1H/b3-2+,8-4+;5-3+;;;;;. The highest BCUT2D eigenvalue weighted by Crippen LogP contribution is 2.32. The molecule has 0 radical (unpaired) electrons. The molecule has 4 aliphatic rings. The van der Waals surface area contributed by atoms with E-state index in [4.69, 9.17) is 24.4 Å². The maximum atomic E-state index is 11.5. The topological polar surface area (TPSA) is 218 Å². The summed E-state index contributed by atoms with van der Waals surface area (Å²) in [5.74, 6) is -6.81. The number of carboxylic acids is 3. The van der Waals surface area contributed by atoms with E-state index in [1.165, 1.54) is 134 Å². The molecule has 4 fully saturated rings. The fraction of sp³-hybridized carbons (Fsp3) is 0.549. The summed E-state index contributed by atoms with van der Waals surface area (Å²) in [5, 5.41) is 34.1. The minimum atomic E-state index is -1.01. The molecule has 5 N–H and O–H groups in total. The third-order valence-electron chi connectivity index (χ3n) is 15.8. The van der Waals surface area contributed by atoms with Crippen LogP contribution in [0.1, 0.15) is 204 Å². The van der Waals surface area contributed by atoms with Gasteiger partial charge in [-0.3, -0.25) is 28.8 Å². The number of rotatable bonds is 22. The van der Waals surface area contributed by atoms with E-state index in [0.29, 0.717) is 16.7 Å². The van der Waals surface area contributed by atoms with Crippen LogP contribution in [0.5, 0.6) is 0 Å². The van der Waals surface area contributed by atoms with Gasteiger partial charge in [-0.2, -0.15) is 0 Å². The summed E-state index contributed by atoms with van der Waals surface area (Å²) in [6.45, 7) is 6.79. The molecule has 2 aliphatic heterocycles. The molecule has 7 rings (SSSR count). The molecule has 2 saturated carbocycles. The molecule has 3 aromatic carbocycles. The maximum Gasteiger partial charge on any atom is 0.314 e. The Labute approximate surface area is 516 Å². The summed E-state index contributed by atoms with van der Waals surface area (Å²) in [4.78, 5) is 70.0. The van der Waals surface area contributed by atoms with Gasteiger partial charge in [-0.15, -0.1) is 6.58 Å². The first-order valence-corrected chi connectivity index (χ1v) is 31.6. The van der Waals surface area contributed by atoms with E-state index >= 15 is 0 Å². The molecule has 0 aromatic heterocycles. The highest BCUT2D eigenvalue weighted by molar-refractivity contribution is 5.79. The molecule has 478 valence electrons. The van der Waals surface area contributed by atoms with Crippen LogP contribution in [0.25, 0.3) is 0 Å². The van der Waals surface area contributed by atoms with Crippen molar-refractivity contribution in [3.8, 4) is 0 Å². The monoisotopic (exact) mass is 1190 g/mol. The van der Waals surface area contributed by atoms with Crippen molar-refractivity contribution in [2.24, 2.45) is 0 Å². The number of nitrogens with one attached hydrogen (secondary N) is 2. The van der Waals surface area contributed by atoms with Crippen molar-refractivity contribution in [2.75, 3.05) is 41.0 Å².